The number of rotatable bonds is 4. The number of benzene rings is 2. The van der Waals surface area contributed by atoms with Crippen molar-refractivity contribution in [3.8, 4) is 11.1 Å². The number of halogens is 1. The Bertz CT molecular complexity index is 1030. The molecule has 3 rings (SSSR count). The van der Waals surface area contributed by atoms with Crippen LogP contribution in [0.15, 0.2) is 48.2 Å². The van der Waals surface area contributed by atoms with Gasteiger partial charge < -0.3 is 14.6 Å². The van der Waals surface area contributed by atoms with Gasteiger partial charge in [0.05, 0.1) is 5.57 Å². The molecule has 0 unspecified atom stereocenters. The van der Waals surface area contributed by atoms with Crippen molar-refractivity contribution in [3.63, 3.8) is 0 Å². The highest BCUT2D eigenvalue weighted by atomic mass is 35.5. The van der Waals surface area contributed by atoms with Crippen LogP contribution < -0.4 is 0 Å². The number of carbonyl (C=O) groups excluding carboxylic acids is 1. The van der Waals surface area contributed by atoms with E-state index in [-0.39, 0.29) is 17.1 Å². The largest absolute Gasteiger partial charge is 0.511 e. The predicted molar refractivity (Wildman–Crippen MR) is 117 cm³/mol. The maximum Gasteiger partial charge on any atom is 0.511 e. The lowest BCUT2D eigenvalue weighted by Gasteiger charge is -2.41. The molecule has 0 saturated heterocycles. The molecule has 0 aromatic heterocycles. The van der Waals surface area contributed by atoms with E-state index in [1.165, 1.54) is 0 Å². The van der Waals surface area contributed by atoms with E-state index in [0.717, 1.165) is 16.7 Å². The lowest BCUT2D eigenvalue weighted by atomic mass is 9.80. The highest BCUT2D eigenvalue weighted by molar-refractivity contribution is 6.30. The third kappa shape index (κ3) is 4.13. The normalized spacial score (nSPS) is 17.7. The summed E-state index contributed by atoms with van der Waals surface area (Å²) >= 11 is 6.01. The van der Waals surface area contributed by atoms with Crippen molar-refractivity contribution in [2.24, 2.45) is 0 Å². The van der Waals surface area contributed by atoms with Crippen LogP contribution in [-0.4, -0.2) is 28.2 Å². The van der Waals surface area contributed by atoms with Gasteiger partial charge in [0.2, 0.25) is 0 Å². The van der Waals surface area contributed by atoms with Gasteiger partial charge in [-0.1, -0.05) is 42.8 Å². The van der Waals surface area contributed by atoms with Crippen LogP contribution in [0.25, 0.3) is 16.7 Å². The number of ketones is 1. The summed E-state index contributed by atoms with van der Waals surface area (Å²) in [5.74, 6) is -0.316. The molecule has 0 radical (unpaired) electrons. The van der Waals surface area contributed by atoms with Crippen LogP contribution in [0.1, 0.15) is 45.7 Å². The number of aryl methyl sites for hydroxylation is 1. The summed E-state index contributed by atoms with van der Waals surface area (Å²) in [6, 6.07) is 13.2. The van der Waals surface area contributed by atoms with Crippen LogP contribution in [0.4, 0.5) is 4.79 Å². The van der Waals surface area contributed by atoms with Crippen molar-refractivity contribution >= 4 is 29.1 Å². The second-order valence-corrected chi connectivity index (χ2v) is 8.69. The van der Waals surface area contributed by atoms with Gasteiger partial charge in [0.1, 0.15) is 11.2 Å². The average Bonchev–Trinajstić information content (AvgIpc) is 2.66. The molecule has 1 heterocycles. The second kappa shape index (κ2) is 7.89. The first kappa shape index (κ1) is 22.1. The van der Waals surface area contributed by atoms with Gasteiger partial charge in [-0.2, -0.15) is 0 Å². The van der Waals surface area contributed by atoms with Crippen molar-refractivity contribution in [2.75, 3.05) is 0 Å². The molecular weight excluding hydrogens is 404 g/mol. The zero-order chi connectivity index (χ0) is 22.3. The van der Waals surface area contributed by atoms with E-state index >= 15 is 0 Å². The molecule has 5 nitrogen and oxygen atoms in total. The lowest BCUT2D eigenvalue weighted by molar-refractivity contribution is -0.158. The quantitative estimate of drug-likeness (QED) is 0.593. The summed E-state index contributed by atoms with van der Waals surface area (Å²) in [6.45, 7) is 8.76. The van der Waals surface area contributed by atoms with Crippen LogP contribution in [0.2, 0.25) is 5.02 Å². The van der Waals surface area contributed by atoms with Crippen LogP contribution in [0, 0.1) is 0 Å². The maximum absolute atomic E-state index is 13.4. The Morgan fingerprint density at radius 3 is 2.20 bits per heavy atom. The minimum Gasteiger partial charge on any atom is -0.449 e. The van der Waals surface area contributed by atoms with Gasteiger partial charge >= 0.3 is 6.16 Å². The molecule has 2 aromatic rings. The summed E-state index contributed by atoms with van der Waals surface area (Å²) in [5, 5.41) is 9.96. The summed E-state index contributed by atoms with van der Waals surface area (Å²) in [6.07, 6.45) is -0.826. The molecule has 0 amide bonds. The second-order valence-electron chi connectivity index (χ2n) is 8.26. The molecule has 158 valence electrons. The van der Waals surface area contributed by atoms with Crippen molar-refractivity contribution < 1.29 is 24.2 Å². The zero-order valence-electron chi connectivity index (χ0n) is 17.7. The van der Waals surface area contributed by atoms with Crippen LogP contribution >= 0.6 is 11.6 Å². The minimum absolute atomic E-state index is 0.00211. The molecule has 0 bridgehead atoms. The summed E-state index contributed by atoms with van der Waals surface area (Å²) in [4.78, 5) is 24.9. The number of hydrogen-bond acceptors (Lipinski definition) is 4. The van der Waals surface area contributed by atoms with E-state index in [2.05, 4.69) is 0 Å². The minimum atomic E-state index is -1.49. The molecule has 6 heteroatoms. The lowest BCUT2D eigenvalue weighted by Crippen LogP contribution is -2.50. The van der Waals surface area contributed by atoms with Gasteiger partial charge in [-0.05, 0) is 74.6 Å². The number of hydrogen-bond donors (Lipinski definition) is 1. The first-order valence-electron chi connectivity index (χ1n) is 9.76. The zero-order valence-corrected chi connectivity index (χ0v) is 18.5. The molecule has 0 aliphatic carbocycles. The van der Waals surface area contributed by atoms with E-state index in [9.17, 15) is 14.7 Å². The Kier molecular flexibility index (Phi) is 5.81. The van der Waals surface area contributed by atoms with Crippen LogP contribution in [0.3, 0.4) is 0 Å². The van der Waals surface area contributed by atoms with Crippen molar-refractivity contribution in [1.29, 1.82) is 0 Å². The van der Waals surface area contributed by atoms with Crippen molar-refractivity contribution in [2.45, 2.75) is 52.2 Å². The van der Waals surface area contributed by atoms with E-state index in [4.69, 9.17) is 21.1 Å². The van der Waals surface area contributed by atoms with E-state index < -0.39 is 17.4 Å². The molecule has 0 atom stereocenters. The third-order valence-electron chi connectivity index (χ3n) is 5.19. The number of Topliss-reactive ketones (excluding diaryl/α,β-unsaturated/α-hetero) is 1. The summed E-state index contributed by atoms with van der Waals surface area (Å²) in [5.41, 5.74) is 1.38. The molecule has 2 aromatic carbocycles. The van der Waals surface area contributed by atoms with Gasteiger partial charge in [-0.25, -0.2) is 4.79 Å². The Morgan fingerprint density at radius 1 is 1.03 bits per heavy atom. The standard InChI is InChI=1S/C24H25ClO5/c1-6-14-7-8-16(15-9-11-17(25)12-10-15)13-18(14)19-20(26)23(2,3)30-24(4,5)21(19)29-22(27)28/h7-13H,6H2,1-5H3,(H,27,28). The maximum atomic E-state index is 13.4. The molecule has 1 N–H and O–H groups in total. The molecule has 0 fully saturated rings. The molecular formula is C24H25ClO5. The highest BCUT2D eigenvalue weighted by Gasteiger charge is 2.49. The molecule has 0 spiro atoms. The first-order chi connectivity index (χ1) is 14.0. The van der Waals surface area contributed by atoms with Gasteiger partial charge in [0.25, 0.3) is 0 Å². The van der Waals surface area contributed by atoms with E-state index in [1.807, 2.05) is 37.3 Å². The van der Waals surface area contributed by atoms with Gasteiger partial charge in [0.15, 0.2) is 11.5 Å². The molecule has 1 aliphatic heterocycles. The summed E-state index contributed by atoms with van der Waals surface area (Å²) < 4.78 is 11.1. The number of carboxylic acid groups (broad SMARTS) is 1. The van der Waals surface area contributed by atoms with Crippen LogP contribution in [-0.2, 0) is 20.7 Å². The Balaban J connectivity index is 2.31. The van der Waals surface area contributed by atoms with E-state index in [1.54, 1.807) is 39.8 Å². The first-order valence-corrected chi connectivity index (χ1v) is 10.1. The third-order valence-corrected chi connectivity index (χ3v) is 5.44. The fourth-order valence-electron chi connectivity index (χ4n) is 3.88. The predicted octanol–water partition coefficient (Wildman–Crippen LogP) is 6.13. The average molecular weight is 429 g/mol. The molecule has 1 aliphatic rings. The number of carbonyl (C=O) groups is 2. The topological polar surface area (TPSA) is 72.8 Å². The molecule has 0 saturated carbocycles. The number of ether oxygens (including phenoxy) is 2. The Labute approximate surface area is 181 Å². The highest BCUT2D eigenvalue weighted by Crippen LogP contribution is 2.43. The van der Waals surface area contributed by atoms with E-state index in [0.29, 0.717) is 17.0 Å². The van der Waals surface area contributed by atoms with Gasteiger partial charge in [-0.3, -0.25) is 4.79 Å². The fourth-order valence-corrected chi connectivity index (χ4v) is 4.01. The van der Waals surface area contributed by atoms with Gasteiger partial charge in [-0.15, -0.1) is 0 Å². The van der Waals surface area contributed by atoms with Gasteiger partial charge in [0, 0.05) is 5.02 Å². The van der Waals surface area contributed by atoms with Crippen molar-refractivity contribution in [1.82, 2.24) is 0 Å². The summed E-state index contributed by atoms with van der Waals surface area (Å²) in [7, 11) is 0. The monoisotopic (exact) mass is 428 g/mol. The van der Waals surface area contributed by atoms with Crippen LogP contribution in [0.5, 0.6) is 0 Å². The van der Waals surface area contributed by atoms with Crippen molar-refractivity contribution in [3.05, 3.63) is 64.4 Å². The molecule has 30 heavy (non-hydrogen) atoms. The SMILES string of the molecule is CCc1ccc(-c2ccc(Cl)cc2)cc1C1=C(OC(=O)O)C(C)(C)OC(C)(C)C1=O. The Hall–Kier alpha value is -2.63. The Morgan fingerprint density at radius 2 is 1.63 bits per heavy atom. The fraction of sp³-hybridized carbons (Fsp3) is 0.333. The smallest absolute Gasteiger partial charge is 0.449 e.